The van der Waals surface area contributed by atoms with E-state index in [9.17, 15) is 24.3 Å². The normalized spacial score (nSPS) is 17.1. The number of thioether (sulfide) groups is 2. The second-order valence-electron chi connectivity index (χ2n) is 14.8. The number of aromatic nitrogens is 2. The molecule has 0 saturated carbocycles. The summed E-state index contributed by atoms with van der Waals surface area (Å²) in [6, 6.07) is 31.5. The van der Waals surface area contributed by atoms with Crippen molar-refractivity contribution in [3.8, 4) is 0 Å². The number of alkyl carbamates (subject to hydrolysis) is 1. The number of aliphatic carboxylic acids is 1. The van der Waals surface area contributed by atoms with Crippen LogP contribution in [0.3, 0.4) is 0 Å². The Morgan fingerprint density at radius 1 is 0.931 bits per heavy atom. The number of fused-ring (bicyclic) bond motifs is 1. The van der Waals surface area contributed by atoms with Crippen LogP contribution in [0.15, 0.2) is 137 Å². The van der Waals surface area contributed by atoms with Gasteiger partial charge >= 0.3 is 12.1 Å². The Labute approximate surface area is 349 Å². The monoisotopic (exact) mass is 835 g/mol. The average Bonchev–Trinajstić information content (AvgIpc) is 3.68. The van der Waals surface area contributed by atoms with Gasteiger partial charge < -0.3 is 25.8 Å². The summed E-state index contributed by atoms with van der Waals surface area (Å²) in [5, 5.41) is 20.9. The van der Waals surface area contributed by atoms with Crippen LogP contribution in [0.25, 0.3) is 0 Å². The number of benzene rings is 3. The van der Waals surface area contributed by atoms with Gasteiger partial charge in [-0.05, 0) is 43.0 Å². The molecule has 1 saturated heterocycles. The molecule has 2 aliphatic heterocycles. The highest BCUT2D eigenvalue weighted by Gasteiger charge is 2.54. The van der Waals surface area contributed by atoms with Crippen molar-refractivity contribution in [2.45, 2.75) is 54.3 Å². The van der Waals surface area contributed by atoms with Crippen LogP contribution in [0, 0.1) is 0 Å². The molecule has 2 unspecified atom stereocenters. The minimum Gasteiger partial charge on any atom is -0.477 e. The van der Waals surface area contributed by atoms with Crippen LogP contribution in [0.1, 0.15) is 49.2 Å². The molecule has 0 spiro atoms. The van der Waals surface area contributed by atoms with Crippen LogP contribution < -0.4 is 20.5 Å². The number of β-lactam (4-membered cyclic amide) rings is 1. The van der Waals surface area contributed by atoms with E-state index >= 15 is 0 Å². The van der Waals surface area contributed by atoms with Crippen LogP contribution in [0.2, 0.25) is 0 Å². The summed E-state index contributed by atoms with van der Waals surface area (Å²) in [6.45, 7) is 5.14. The number of pyridine rings is 1. The predicted octanol–water partition coefficient (Wildman–Crippen LogP) is 6.47. The van der Waals surface area contributed by atoms with Crippen molar-refractivity contribution in [2.24, 2.45) is 7.05 Å². The number of carboxylic acids is 1. The number of nitrogens with zero attached hydrogens (tertiary/aromatic N) is 3. The predicted molar refractivity (Wildman–Crippen MR) is 225 cm³/mol. The molecule has 0 aliphatic carbocycles. The summed E-state index contributed by atoms with van der Waals surface area (Å²) < 4.78 is 7.45. The maximum atomic E-state index is 14.2. The molecule has 298 valence electrons. The van der Waals surface area contributed by atoms with Crippen molar-refractivity contribution < 1.29 is 33.6 Å². The summed E-state index contributed by atoms with van der Waals surface area (Å²) in [5.74, 6) is -1.70. The minimum atomic E-state index is -1.36. The highest BCUT2D eigenvalue weighted by molar-refractivity contribution is 8.01. The number of carbonyl (C=O) groups is 4. The van der Waals surface area contributed by atoms with E-state index in [1.165, 1.54) is 39.8 Å². The zero-order chi connectivity index (χ0) is 41.0. The molecule has 2 aliphatic rings. The first-order chi connectivity index (χ1) is 27.8. The second-order valence-corrected chi connectivity index (χ2v) is 17.8. The fourth-order valence-corrected chi connectivity index (χ4v) is 10.1. The van der Waals surface area contributed by atoms with Crippen molar-refractivity contribution in [3.05, 3.63) is 155 Å². The highest BCUT2D eigenvalue weighted by Crippen LogP contribution is 2.43. The quantitative estimate of drug-likeness (QED) is 0.0450. The maximum absolute atomic E-state index is 14.2. The Hall–Kier alpha value is -5.64. The topological polar surface area (TPSA) is 154 Å². The molecule has 0 bridgehead atoms. The third-order valence-electron chi connectivity index (χ3n) is 9.56. The molecule has 1 fully saturated rings. The molecule has 4 N–H and O–H groups in total. The number of nitrogens with one attached hydrogen (secondary N) is 3. The molecule has 3 atom stereocenters. The lowest BCUT2D eigenvalue weighted by molar-refractivity contribution is -0.671. The van der Waals surface area contributed by atoms with Crippen LogP contribution in [0.4, 0.5) is 9.93 Å². The SMILES string of the molecule is C[n+]1ccc(SCC2=C(C(=O)O)N3C(=O)C(NC(=O)C(NC(=O)OC(C)(C)C)c4csc(NC(c5ccccc5)(c5ccccc5)c5ccccc5)n4)[C@H]3SC2)cc1. The number of hydrogen-bond donors (Lipinski definition) is 4. The number of aryl methyl sites for hydroxylation is 1. The van der Waals surface area contributed by atoms with Crippen molar-refractivity contribution in [2.75, 3.05) is 16.8 Å². The third-order valence-corrected chi connectivity index (χ3v) is 12.8. The van der Waals surface area contributed by atoms with E-state index in [-0.39, 0.29) is 11.4 Å². The molecule has 7 rings (SSSR count). The fraction of sp³-hybridized carbons (Fsp3) is 0.256. The van der Waals surface area contributed by atoms with Gasteiger partial charge in [-0.3, -0.25) is 14.5 Å². The minimum absolute atomic E-state index is 0.0642. The van der Waals surface area contributed by atoms with Gasteiger partial charge in [0, 0.05) is 33.9 Å². The van der Waals surface area contributed by atoms with Crippen LogP contribution in [-0.2, 0) is 31.7 Å². The van der Waals surface area contributed by atoms with Gasteiger partial charge in [0.1, 0.15) is 35.3 Å². The zero-order valence-corrected chi connectivity index (χ0v) is 34.7. The summed E-state index contributed by atoms with van der Waals surface area (Å²) in [5.41, 5.74) is 1.87. The maximum Gasteiger partial charge on any atom is 0.408 e. The van der Waals surface area contributed by atoms with E-state index in [0.29, 0.717) is 22.2 Å². The molecular weight excluding hydrogens is 793 g/mol. The summed E-state index contributed by atoms with van der Waals surface area (Å²) >= 11 is 4.14. The van der Waals surface area contributed by atoms with Crippen LogP contribution >= 0.6 is 34.9 Å². The molecule has 12 nitrogen and oxygen atoms in total. The molecule has 2 aromatic heterocycles. The highest BCUT2D eigenvalue weighted by atomic mass is 32.2. The molecule has 5 aromatic rings. The van der Waals surface area contributed by atoms with Gasteiger partial charge in [-0.15, -0.1) is 34.9 Å². The molecule has 0 radical (unpaired) electrons. The fourth-order valence-electron chi connectivity index (χ4n) is 6.90. The van der Waals surface area contributed by atoms with Crippen molar-refractivity contribution in [3.63, 3.8) is 0 Å². The van der Waals surface area contributed by atoms with Gasteiger partial charge in [0.2, 0.25) is 5.91 Å². The van der Waals surface area contributed by atoms with Gasteiger partial charge in [-0.1, -0.05) is 91.0 Å². The molecule has 3 amide bonds. The standard InChI is InChI=1S/C43H42N6O6S3/c1-42(2,3)55-41(54)46-33(36(50)45-34-37(51)49-35(39(52)53)27(25-57-38(34)49)24-56-31-20-22-48(4)23-21-31)32-26-58-40(44-32)47-43(28-14-8-5-9-15-28,29-16-10-6-11-17-29)30-18-12-7-13-19-30/h5-23,26,33-34,38H,24-25H2,1-4H3,(H3-,44,45,46,47,50,52,53,54)/p+1/t33?,34?,38-/m1/s1. The molecule has 3 aromatic carbocycles. The molecular formula is C43H43N6O6S3+. The van der Waals surface area contributed by atoms with Crippen molar-refractivity contribution in [1.82, 2.24) is 20.5 Å². The Bertz CT molecular complexity index is 2220. The number of thiazole rings is 1. The Morgan fingerprint density at radius 3 is 2.03 bits per heavy atom. The Kier molecular flexibility index (Phi) is 11.9. The largest absolute Gasteiger partial charge is 0.477 e. The van der Waals surface area contributed by atoms with E-state index < -0.39 is 52.5 Å². The Morgan fingerprint density at radius 2 is 1.50 bits per heavy atom. The van der Waals surface area contributed by atoms with Crippen LogP contribution in [-0.4, -0.2) is 67.4 Å². The van der Waals surface area contributed by atoms with Gasteiger partial charge in [0.15, 0.2) is 23.6 Å². The molecule has 15 heteroatoms. The first-order valence-corrected chi connectivity index (χ1v) is 21.4. The zero-order valence-electron chi connectivity index (χ0n) is 32.2. The van der Waals surface area contributed by atoms with Crippen molar-refractivity contribution >= 4 is 63.9 Å². The average molecular weight is 836 g/mol. The summed E-state index contributed by atoms with van der Waals surface area (Å²) in [7, 11) is 1.92. The first-order valence-electron chi connectivity index (χ1n) is 18.5. The summed E-state index contributed by atoms with van der Waals surface area (Å²) in [6.07, 6.45) is 2.98. The number of carboxylic acid groups (broad SMARTS) is 1. The number of anilines is 1. The van der Waals surface area contributed by atoms with E-state index in [2.05, 4.69) is 16.0 Å². The number of ether oxygens (including phenoxy) is 1. The first kappa shape index (κ1) is 40.6. The van der Waals surface area contributed by atoms with Gasteiger partial charge in [-0.2, -0.15) is 0 Å². The van der Waals surface area contributed by atoms with Crippen molar-refractivity contribution in [1.29, 1.82) is 0 Å². The lowest BCUT2D eigenvalue weighted by atomic mass is 9.77. The van der Waals surface area contributed by atoms with Gasteiger partial charge in [0.25, 0.3) is 5.91 Å². The third kappa shape index (κ3) is 8.61. The number of hydrogen-bond acceptors (Lipinski definition) is 10. The summed E-state index contributed by atoms with van der Waals surface area (Å²) in [4.78, 5) is 60.8. The Balaban J connectivity index is 1.16. The van der Waals surface area contributed by atoms with E-state index in [0.717, 1.165) is 21.6 Å². The molecule has 58 heavy (non-hydrogen) atoms. The number of carbonyl (C=O) groups excluding carboxylic acids is 3. The second kappa shape index (κ2) is 17.1. The molecule has 4 heterocycles. The van der Waals surface area contributed by atoms with E-state index in [4.69, 9.17) is 9.72 Å². The number of amides is 3. The number of rotatable bonds is 13. The van der Waals surface area contributed by atoms with E-state index in [1.807, 2.05) is 127 Å². The van der Waals surface area contributed by atoms with E-state index in [1.54, 1.807) is 26.2 Å². The lowest BCUT2D eigenvalue weighted by Gasteiger charge is -2.49. The lowest BCUT2D eigenvalue weighted by Crippen LogP contribution is -2.71. The smallest absolute Gasteiger partial charge is 0.408 e. The van der Waals surface area contributed by atoms with Gasteiger partial charge in [0.05, 0.1) is 5.69 Å². The van der Waals surface area contributed by atoms with Gasteiger partial charge in [-0.25, -0.2) is 19.1 Å². The van der Waals surface area contributed by atoms with Crippen LogP contribution in [0.5, 0.6) is 0 Å².